The molecule has 1 amide bonds. The number of nitrogens with one attached hydrogen (secondary N) is 3. The molecule has 1 aromatic heterocycles. The van der Waals surface area contributed by atoms with E-state index in [1.807, 2.05) is 30.3 Å². The number of thiocarbonyl (C=S) groups is 1. The van der Waals surface area contributed by atoms with Gasteiger partial charge >= 0.3 is 5.91 Å². The Morgan fingerprint density at radius 3 is 2.64 bits per heavy atom. The number of nitrogens with zero attached hydrogens (tertiary/aromatic N) is 2. The van der Waals surface area contributed by atoms with E-state index in [2.05, 4.69) is 16.2 Å². The predicted molar refractivity (Wildman–Crippen MR) is 85.9 cm³/mol. The van der Waals surface area contributed by atoms with Crippen molar-refractivity contribution in [2.45, 2.75) is 13.5 Å². The molecule has 1 heterocycles. The van der Waals surface area contributed by atoms with Gasteiger partial charge in [0.2, 0.25) is 12.0 Å². The summed E-state index contributed by atoms with van der Waals surface area (Å²) in [5.41, 5.74) is 6.54. The first-order chi connectivity index (χ1) is 10.5. The number of hydrogen-bond donors (Lipinski definition) is 3. The maximum absolute atomic E-state index is 12.1. The van der Waals surface area contributed by atoms with E-state index in [-0.39, 0.29) is 10.8 Å². The molecule has 116 valence electrons. The quantitative estimate of drug-likeness (QED) is 0.326. The maximum atomic E-state index is 12.1. The van der Waals surface area contributed by atoms with E-state index in [9.17, 15) is 10.0 Å². The molecule has 22 heavy (non-hydrogen) atoms. The lowest BCUT2D eigenvalue weighted by molar-refractivity contribution is -0.607. The molecule has 0 spiro atoms. The molecule has 0 aliphatic rings. The lowest BCUT2D eigenvalue weighted by Gasteiger charge is -2.08. The molecule has 0 bridgehead atoms. The molecule has 0 saturated carbocycles. The van der Waals surface area contributed by atoms with Crippen molar-refractivity contribution in [2.75, 3.05) is 7.05 Å². The average molecular weight is 319 g/mol. The van der Waals surface area contributed by atoms with E-state index in [0.29, 0.717) is 17.0 Å². The summed E-state index contributed by atoms with van der Waals surface area (Å²) >= 11 is 4.85. The second-order valence-electron chi connectivity index (χ2n) is 4.65. The van der Waals surface area contributed by atoms with E-state index in [0.717, 1.165) is 5.56 Å². The molecule has 3 N–H and O–H groups in total. The van der Waals surface area contributed by atoms with Gasteiger partial charge in [0.1, 0.15) is 6.54 Å². The van der Waals surface area contributed by atoms with Crippen molar-refractivity contribution in [1.82, 2.24) is 20.7 Å². The molecule has 0 aliphatic carbocycles. The summed E-state index contributed by atoms with van der Waals surface area (Å²) in [6, 6.07) is 9.70. The van der Waals surface area contributed by atoms with Crippen LogP contribution in [0.25, 0.3) is 0 Å². The van der Waals surface area contributed by atoms with Gasteiger partial charge in [-0.15, -0.1) is 0 Å². The molecule has 0 saturated heterocycles. The van der Waals surface area contributed by atoms with Crippen molar-refractivity contribution in [1.29, 1.82) is 0 Å². The van der Waals surface area contributed by atoms with E-state index < -0.39 is 5.91 Å². The smallest absolute Gasteiger partial charge is 0.314 e. The monoisotopic (exact) mass is 319 g/mol. The van der Waals surface area contributed by atoms with Crippen LogP contribution in [0, 0.1) is 12.1 Å². The largest absolute Gasteiger partial charge is 0.710 e. The molecule has 0 radical (unpaired) electrons. The summed E-state index contributed by atoms with van der Waals surface area (Å²) in [6.45, 7) is 2.24. The minimum Gasteiger partial charge on any atom is -0.710 e. The molecule has 0 atom stereocenters. The van der Waals surface area contributed by atoms with Crippen molar-refractivity contribution < 1.29 is 9.52 Å². The van der Waals surface area contributed by atoms with Crippen molar-refractivity contribution >= 4 is 23.2 Å². The van der Waals surface area contributed by atoms with Crippen LogP contribution in [-0.2, 0) is 6.54 Å². The second kappa shape index (κ2) is 6.90. The van der Waals surface area contributed by atoms with Crippen LogP contribution in [0.2, 0.25) is 0 Å². The van der Waals surface area contributed by atoms with Crippen LogP contribution in [-0.4, -0.2) is 22.6 Å². The Bertz CT molecular complexity index is 684. The highest BCUT2D eigenvalue weighted by molar-refractivity contribution is 7.80. The Kier molecular flexibility index (Phi) is 4.95. The fourth-order valence-electron chi connectivity index (χ4n) is 2.01. The zero-order valence-corrected chi connectivity index (χ0v) is 13.1. The van der Waals surface area contributed by atoms with Gasteiger partial charge < -0.3 is 10.5 Å². The van der Waals surface area contributed by atoms with Gasteiger partial charge in [-0.25, -0.2) is 9.30 Å². The van der Waals surface area contributed by atoms with Crippen LogP contribution >= 0.6 is 12.2 Å². The molecule has 1 aromatic carbocycles. The highest BCUT2D eigenvalue weighted by Crippen LogP contribution is 2.08. The summed E-state index contributed by atoms with van der Waals surface area (Å²) in [4.78, 5) is 12.1. The Morgan fingerprint density at radius 2 is 2.00 bits per heavy atom. The first-order valence-electron chi connectivity index (χ1n) is 6.63. The van der Waals surface area contributed by atoms with Crippen LogP contribution in [0.5, 0.6) is 0 Å². The highest BCUT2D eigenvalue weighted by Gasteiger charge is 2.23. The number of amides is 1. The number of carbonyl (C=O) groups excluding carboxylic acids is 1. The third-order valence-corrected chi connectivity index (χ3v) is 3.47. The molecule has 2 aromatic rings. The van der Waals surface area contributed by atoms with Crippen LogP contribution in [0.3, 0.4) is 0 Å². The van der Waals surface area contributed by atoms with E-state index in [1.165, 1.54) is 6.33 Å². The van der Waals surface area contributed by atoms with Gasteiger partial charge in [-0.3, -0.25) is 15.6 Å². The summed E-state index contributed by atoms with van der Waals surface area (Å²) < 4.78 is 2.28. The minimum atomic E-state index is -0.545. The Labute approximate surface area is 133 Å². The van der Waals surface area contributed by atoms with Gasteiger partial charge in [-0.2, -0.15) is 0 Å². The van der Waals surface area contributed by atoms with Crippen molar-refractivity contribution in [3.8, 4) is 0 Å². The van der Waals surface area contributed by atoms with Crippen LogP contribution in [0.4, 0.5) is 0 Å². The topological polar surface area (TPSA) is 85.0 Å². The summed E-state index contributed by atoms with van der Waals surface area (Å²) in [5.74, 6) is -0.545. The van der Waals surface area contributed by atoms with E-state index >= 15 is 0 Å². The molecule has 2 rings (SSSR count). The molecular weight excluding hydrogens is 302 g/mol. The Balaban J connectivity index is 2.16. The Hall–Kier alpha value is -2.61. The molecule has 7 nitrogen and oxygen atoms in total. The molecule has 0 fully saturated rings. The zero-order chi connectivity index (χ0) is 16.1. The number of rotatable bonds is 3. The number of hydrogen-bond acceptors (Lipinski definition) is 3. The van der Waals surface area contributed by atoms with Crippen molar-refractivity contribution in [2.24, 2.45) is 0 Å². The molecular formula is C14H17N5O2S. The van der Waals surface area contributed by atoms with Gasteiger partial charge in [-0.05, 0) is 17.8 Å². The zero-order valence-electron chi connectivity index (χ0n) is 12.3. The maximum Gasteiger partial charge on any atom is 0.314 e. The fraction of sp³-hybridized carbons (Fsp3) is 0.214. The van der Waals surface area contributed by atoms with Gasteiger partial charge in [0.25, 0.3) is 0 Å². The fourth-order valence-corrected chi connectivity index (χ4v) is 2.06. The third-order valence-electron chi connectivity index (χ3n) is 3.17. The SMILES string of the molecule is CNC(=S)NNC(=O)c1c(C)n(Cc2ccccc2)c[n+]1[O-]. The van der Waals surface area contributed by atoms with Gasteiger partial charge in [0.15, 0.2) is 10.8 Å². The summed E-state index contributed by atoms with van der Waals surface area (Å²) in [7, 11) is 1.62. The standard InChI is InChI=1S/C14H17N5O2S/c1-10-12(13(20)16-17-14(22)15-2)19(21)9-18(10)8-11-6-4-3-5-7-11/h3-7,9H,8H2,1-2H3,(H,16,20)(H2,15,17,22). The number of carbonyl (C=O) groups is 1. The first kappa shape index (κ1) is 15.8. The lowest BCUT2D eigenvalue weighted by Crippen LogP contribution is -2.48. The molecule has 8 heteroatoms. The Morgan fingerprint density at radius 1 is 1.32 bits per heavy atom. The average Bonchev–Trinajstić information content (AvgIpc) is 2.79. The van der Waals surface area contributed by atoms with Crippen LogP contribution in [0.1, 0.15) is 21.7 Å². The van der Waals surface area contributed by atoms with Crippen LogP contribution in [0.15, 0.2) is 36.7 Å². The van der Waals surface area contributed by atoms with E-state index in [1.54, 1.807) is 18.5 Å². The lowest BCUT2D eigenvalue weighted by atomic mass is 10.2. The van der Waals surface area contributed by atoms with Crippen LogP contribution < -0.4 is 20.9 Å². The van der Waals surface area contributed by atoms with Crippen molar-refractivity contribution in [3.05, 3.63) is 58.8 Å². The highest BCUT2D eigenvalue weighted by atomic mass is 32.1. The normalized spacial score (nSPS) is 10.1. The predicted octanol–water partition coefficient (Wildman–Crippen LogP) is 0.217. The van der Waals surface area contributed by atoms with Gasteiger partial charge in [0, 0.05) is 14.0 Å². The van der Waals surface area contributed by atoms with E-state index in [4.69, 9.17) is 12.2 Å². The third kappa shape index (κ3) is 3.53. The molecule has 0 unspecified atom stereocenters. The molecule has 0 aliphatic heterocycles. The second-order valence-corrected chi connectivity index (χ2v) is 5.06. The summed E-state index contributed by atoms with van der Waals surface area (Å²) in [5, 5.41) is 14.9. The van der Waals surface area contributed by atoms with Gasteiger partial charge in [0.05, 0.1) is 0 Å². The minimum absolute atomic E-state index is 0.0299. The van der Waals surface area contributed by atoms with Crippen molar-refractivity contribution in [3.63, 3.8) is 0 Å². The number of benzene rings is 1. The number of aromatic nitrogens is 2. The first-order valence-corrected chi connectivity index (χ1v) is 7.04. The number of hydrazine groups is 1. The summed E-state index contributed by atoms with van der Waals surface area (Å²) in [6.07, 6.45) is 1.35. The number of imidazole rings is 1. The van der Waals surface area contributed by atoms with Gasteiger partial charge in [-0.1, -0.05) is 30.3 Å².